The van der Waals surface area contributed by atoms with Gasteiger partial charge in [-0.05, 0) is 30.5 Å². The second-order valence-electron chi connectivity index (χ2n) is 7.39. The summed E-state index contributed by atoms with van der Waals surface area (Å²) in [5.41, 5.74) is -0.0848. The maximum atomic E-state index is 12.8. The van der Waals surface area contributed by atoms with Crippen LogP contribution < -0.4 is 10.2 Å². The summed E-state index contributed by atoms with van der Waals surface area (Å²) in [5, 5.41) is 22.2. The zero-order chi connectivity index (χ0) is 24.4. The molecule has 0 aliphatic heterocycles. The molecule has 1 heterocycles. The Kier molecular flexibility index (Phi) is 9.61. The van der Waals surface area contributed by atoms with Gasteiger partial charge in [0.05, 0.1) is 24.3 Å². The summed E-state index contributed by atoms with van der Waals surface area (Å²) in [6, 6.07) is 10.3. The molecule has 0 aliphatic rings. The number of ether oxygens (including phenoxy) is 1. The number of hydrogen-bond acceptors (Lipinski definition) is 7. The van der Waals surface area contributed by atoms with Crippen molar-refractivity contribution in [3.05, 3.63) is 59.8 Å². The van der Waals surface area contributed by atoms with Gasteiger partial charge in [0.1, 0.15) is 5.82 Å². The first-order valence-corrected chi connectivity index (χ1v) is 10.1. The van der Waals surface area contributed by atoms with Crippen LogP contribution in [0.4, 0.5) is 19.0 Å². The molecule has 3 N–H and O–H groups in total. The van der Waals surface area contributed by atoms with Gasteiger partial charge in [0.2, 0.25) is 0 Å². The molecule has 2 aromatic rings. The number of aromatic nitrogens is 1. The highest BCUT2D eigenvalue weighted by atomic mass is 19.4. The fraction of sp³-hybridized carbons (Fsp3) is 0.409. The van der Waals surface area contributed by atoms with Gasteiger partial charge < -0.3 is 25.2 Å². The normalized spacial score (nSPS) is 14.1. The maximum Gasteiger partial charge on any atom is 0.417 e. The number of halogens is 3. The molecule has 11 heteroatoms. The predicted octanol–water partition coefficient (Wildman–Crippen LogP) is 1.55. The highest BCUT2D eigenvalue weighted by molar-refractivity contribution is 5.82. The number of alkyl halides is 3. The third-order valence-corrected chi connectivity index (χ3v) is 4.93. The zero-order valence-electron chi connectivity index (χ0n) is 17.9. The number of hydrogen-bond donors (Lipinski definition) is 3. The third kappa shape index (κ3) is 8.03. The number of benzene rings is 1. The van der Waals surface area contributed by atoms with Crippen LogP contribution in [0, 0.1) is 0 Å². The Morgan fingerprint density at radius 2 is 1.94 bits per heavy atom. The van der Waals surface area contributed by atoms with Crippen molar-refractivity contribution in [1.82, 2.24) is 10.3 Å². The highest BCUT2D eigenvalue weighted by Crippen LogP contribution is 2.29. The van der Waals surface area contributed by atoms with Crippen LogP contribution in [-0.4, -0.2) is 66.0 Å². The van der Waals surface area contributed by atoms with E-state index in [0.29, 0.717) is 6.20 Å². The molecule has 1 aromatic heterocycles. The predicted molar refractivity (Wildman–Crippen MR) is 113 cm³/mol. The highest BCUT2D eigenvalue weighted by Gasteiger charge is 2.31. The maximum absolute atomic E-state index is 12.8. The first kappa shape index (κ1) is 26.1. The fourth-order valence-corrected chi connectivity index (χ4v) is 3.14. The lowest BCUT2D eigenvalue weighted by Crippen LogP contribution is -2.51. The van der Waals surface area contributed by atoms with Crippen LogP contribution >= 0.6 is 0 Å². The summed E-state index contributed by atoms with van der Waals surface area (Å²) < 4.78 is 43.1. The molecule has 0 spiro atoms. The van der Waals surface area contributed by atoms with E-state index in [0.717, 1.165) is 17.7 Å². The van der Waals surface area contributed by atoms with E-state index < -0.39 is 35.9 Å². The van der Waals surface area contributed by atoms with Gasteiger partial charge >= 0.3 is 6.18 Å². The molecule has 0 aliphatic carbocycles. The number of likely N-dealkylation sites (N-methyl/N-ethyl adjacent to an activating group) is 1. The van der Waals surface area contributed by atoms with Gasteiger partial charge in [-0.15, -0.1) is 0 Å². The number of amides is 1. The molecule has 1 aromatic carbocycles. The van der Waals surface area contributed by atoms with Gasteiger partial charge in [0.15, 0.2) is 6.10 Å². The standard InChI is InChI=1S/C22H26F3N3O5/c1-28(20-8-7-16(12-26-20)22(23,24)25)13-19(33-14-30)21(32)27-17(18(31)9-10-29)11-15-5-3-2-4-6-15/h2-8,12,14,17-19,29,31H,9-11,13H2,1H3,(H,27,32). The van der Waals surface area contributed by atoms with Gasteiger partial charge in [-0.1, -0.05) is 30.3 Å². The van der Waals surface area contributed by atoms with Crippen LogP contribution in [0.15, 0.2) is 48.7 Å². The van der Waals surface area contributed by atoms with Crippen molar-refractivity contribution < 1.29 is 37.7 Å². The Labute approximate surface area is 189 Å². The average Bonchev–Trinajstić information content (AvgIpc) is 2.78. The molecule has 1 amide bonds. The molecule has 8 nitrogen and oxygen atoms in total. The van der Waals surface area contributed by atoms with E-state index in [1.54, 1.807) is 12.1 Å². The monoisotopic (exact) mass is 469 g/mol. The van der Waals surface area contributed by atoms with Crippen molar-refractivity contribution in [2.75, 3.05) is 25.1 Å². The number of nitrogens with zero attached hydrogens (tertiary/aromatic N) is 2. The van der Waals surface area contributed by atoms with Crippen LogP contribution in [0.1, 0.15) is 17.5 Å². The first-order valence-electron chi connectivity index (χ1n) is 10.1. The molecule has 33 heavy (non-hydrogen) atoms. The number of carbonyl (C=O) groups is 2. The molecule has 0 radical (unpaired) electrons. The van der Waals surface area contributed by atoms with Gasteiger partial charge in [-0.25, -0.2) is 4.98 Å². The lowest BCUT2D eigenvalue weighted by molar-refractivity contribution is -0.145. The summed E-state index contributed by atoms with van der Waals surface area (Å²) in [6.45, 7) is -0.398. The summed E-state index contributed by atoms with van der Waals surface area (Å²) >= 11 is 0. The van der Waals surface area contributed by atoms with Crippen LogP contribution in [0.3, 0.4) is 0 Å². The summed E-state index contributed by atoms with van der Waals surface area (Å²) in [4.78, 5) is 28.9. The molecule has 0 saturated heterocycles. The van der Waals surface area contributed by atoms with E-state index >= 15 is 0 Å². The van der Waals surface area contributed by atoms with E-state index in [2.05, 4.69) is 10.3 Å². The molecular weight excluding hydrogens is 443 g/mol. The molecule has 0 saturated carbocycles. The average molecular weight is 469 g/mol. The van der Waals surface area contributed by atoms with E-state index in [9.17, 15) is 27.9 Å². The Morgan fingerprint density at radius 1 is 1.24 bits per heavy atom. The second-order valence-corrected chi connectivity index (χ2v) is 7.39. The van der Waals surface area contributed by atoms with Crippen LogP contribution in [0.5, 0.6) is 0 Å². The Morgan fingerprint density at radius 3 is 2.48 bits per heavy atom. The van der Waals surface area contributed by atoms with Crippen molar-refractivity contribution in [2.45, 2.75) is 37.3 Å². The quantitative estimate of drug-likeness (QED) is 0.405. The largest absolute Gasteiger partial charge is 0.453 e. The summed E-state index contributed by atoms with van der Waals surface area (Å²) in [5.74, 6) is -0.574. The summed E-state index contributed by atoms with van der Waals surface area (Å²) in [7, 11) is 1.48. The number of nitrogens with one attached hydrogen (secondary N) is 1. The summed E-state index contributed by atoms with van der Waals surface area (Å²) in [6.07, 6.45) is -5.97. The number of pyridine rings is 1. The molecule has 180 valence electrons. The number of aliphatic hydroxyl groups is 2. The molecule has 2 rings (SSSR count). The topological polar surface area (TPSA) is 112 Å². The minimum absolute atomic E-state index is 0.0202. The lowest BCUT2D eigenvalue weighted by atomic mass is 9.99. The van der Waals surface area contributed by atoms with Gasteiger partial charge in [0.25, 0.3) is 12.4 Å². The minimum atomic E-state index is -4.53. The molecule has 0 fully saturated rings. The molecule has 0 bridgehead atoms. The molecule has 3 unspecified atom stereocenters. The number of anilines is 1. The Balaban J connectivity index is 2.11. The van der Waals surface area contributed by atoms with Crippen molar-refractivity contribution in [3.8, 4) is 0 Å². The number of rotatable bonds is 12. The van der Waals surface area contributed by atoms with E-state index in [4.69, 9.17) is 9.84 Å². The number of carbonyl (C=O) groups excluding carboxylic acids is 2. The SMILES string of the molecule is CN(CC(OC=O)C(=O)NC(Cc1ccccc1)C(O)CCO)c1ccc(C(F)(F)F)cn1. The van der Waals surface area contributed by atoms with Gasteiger partial charge in [-0.2, -0.15) is 13.2 Å². The van der Waals surface area contributed by atoms with E-state index in [1.807, 2.05) is 18.2 Å². The Bertz CT molecular complexity index is 881. The lowest BCUT2D eigenvalue weighted by Gasteiger charge is -2.28. The van der Waals surface area contributed by atoms with Crippen molar-refractivity contribution >= 4 is 18.2 Å². The smallest absolute Gasteiger partial charge is 0.417 e. The molecular formula is C22H26F3N3O5. The van der Waals surface area contributed by atoms with E-state index in [-0.39, 0.29) is 38.3 Å². The van der Waals surface area contributed by atoms with E-state index in [1.165, 1.54) is 11.9 Å². The van der Waals surface area contributed by atoms with Crippen LogP contribution in [-0.2, 0) is 26.9 Å². The zero-order valence-corrected chi connectivity index (χ0v) is 17.9. The number of aliphatic hydroxyl groups excluding tert-OH is 2. The fourth-order valence-electron chi connectivity index (χ4n) is 3.14. The van der Waals surface area contributed by atoms with Crippen molar-refractivity contribution in [1.29, 1.82) is 0 Å². The third-order valence-electron chi connectivity index (χ3n) is 4.93. The van der Waals surface area contributed by atoms with Crippen LogP contribution in [0.25, 0.3) is 0 Å². The van der Waals surface area contributed by atoms with Crippen LogP contribution in [0.2, 0.25) is 0 Å². The minimum Gasteiger partial charge on any atom is -0.453 e. The molecule has 3 atom stereocenters. The van der Waals surface area contributed by atoms with Crippen molar-refractivity contribution in [3.63, 3.8) is 0 Å². The van der Waals surface area contributed by atoms with Gasteiger partial charge in [0, 0.05) is 19.9 Å². The van der Waals surface area contributed by atoms with Gasteiger partial charge in [-0.3, -0.25) is 9.59 Å². The first-order chi connectivity index (χ1) is 15.7. The second kappa shape index (κ2) is 12.2. The Hall–Kier alpha value is -3.18. The van der Waals surface area contributed by atoms with Crippen molar-refractivity contribution in [2.24, 2.45) is 0 Å².